The molecule has 2 fully saturated rings. The van der Waals surface area contributed by atoms with Gasteiger partial charge in [-0.25, -0.2) is 4.98 Å². The summed E-state index contributed by atoms with van der Waals surface area (Å²) in [6, 6.07) is 5.17. The third-order valence-electron chi connectivity index (χ3n) is 6.13. The fraction of sp³-hybridized carbons (Fsp3) is 0.522. The molecule has 0 unspecified atom stereocenters. The molecule has 0 spiro atoms. The van der Waals surface area contributed by atoms with Gasteiger partial charge >= 0.3 is 6.18 Å². The van der Waals surface area contributed by atoms with E-state index in [2.05, 4.69) is 14.9 Å². The minimum absolute atomic E-state index is 0.112. The third-order valence-corrected chi connectivity index (χ3v) is 6.13. The van der Waals surface area contributed by atoms with Crippen LogP contribution in [0.3, 0.4) is 0 Å². The highest BCUT2D eigenvalue weighted by Gasteiger charge is 2.31. The average molecular weight is 432 g/mol. The molecule has 0 saturated carbocycles. The van der Waals surface area contributed by atoms with Gasteiger partial charge in [0.15, 0.2) is 0 Å². The molecule has 2 aromatic rings. The molecule has 0 aliphatic carbocycles. The van der Waals surface area contributed by atoms with Crippen molar-refractivity contribution in [3.63, 3.8) is 0 Å². The maximum absolute atomic E-state index is 13.1. The number of benzene rings is 1. The van der Waals surface area contributed by atoms with Gasteiger partial charge in [0, 0.05) is 37.3 Å². The molecule has 2 aliphatic heterocycles. The van der Waals surface area contributed by atoms with E-state index < -0.39 is 11.7 Å². The second-order valence-corrected chi connectivity index (χ2v) is 8.42. The van der Waals surface area contributed by atoms with E-state index in [1.807, 2.05) is 4.90 Å². The lowest BCUT2D eigenvalue weighted by Crippen LogP contribution is -2.45. The van der Waals surface area contributed by atoms with E-state index >= 15 is 0 Å². The minimum Gasteiger partial charge on any atom is -0.342 e. The highest BCUT2D eigenvalue weighted by Crippen LogP contribution is 2.32. The largest absolute Gasteiger partial charge is 0.416 e. The molecule has 5 nitrogen and oxygen atoms in total. The zero-order chi connectivity index (χ0) is 21.8. The Morgan fingerprint density at radius 3 is 2.65 bits per heavy atom. The number of alkyl halides is 3. The van der Waals surface area contributed by atoms with Crippen LogP contribution in [0.4, 0.5) is 13.2 Å². The van der Waals surface area contributed by atoms with Gasteiger partial charge in [0.25, 0.3) is 0 Å². The Morgan fingerprint density at radius 2 is 1.87 bits per heavy atom. The Labute approximate surface area is 180 Å². The number of hydrogen-bond donors (Lipinski definition) is 0. The molecular formula is C23H27F3N4O. The molecule has 0 N–H and O–H groups in total. The monoisotopic (exact) mass is 432 g/mol. The molecule has 1 amide bonds. The van der Waals surface area contributed by atoms with Crippen molar-refractivity contribution in [3.8, 4) is 11.3 Å². The lowest BCUT2D eigenvalue weighted by Gasteiger charge is -2.34. The molecule has 1 aromatic carbocycles. The second kappa shape index (κ2) is 9.34. The number of piperidine rings is 2. The summed E-state index contributed by atoms with van der Waals surface area (Å²) in [7, 11) is 0. The molecule has 3 heterocycles. The molecule has 2 aliphatic rings. The van der Waals surface area contributed by atoms with Gasteiger partial charge in [-0.05, 0) is 50.8 Å². The van der Waals surface area contributed by atoms with Crippen LogP contribution in [0.5, 0.6) is 0 Å². The summed E-state index contributed by atoms with van der Waals surface area (Å²) in [5.41, 5.74) is 0.907. The number of hydrogen-bond acceptors (Lipinski definition) is 4. The summed E-state index contributed by atoms with van der Waals surface area (Å²) in [5.74, 6) is 0.297. The first kappa shape index (κ1) is 21.7. The Morgan fingerprint density at radius 1 is 1.06 bits per heavy atom. The van der Waals surface area contributed by atoms with Crippen molar-refractivity contribution < 1.29 is 18.0 Å². The van der Waals surface area contributed by atoms with Crippen molar-refractivity contribution in [2.75, 3.05) is 32.7 Å². The number of nitrogens with zero attached hydrogens (tertiary/aromatic N) is 4. The molecule has 1 atom stereocenters. The fourth-order valence-corrected chi connectivity index (χ4v) is 4.45. The molecule has 31 heavy (non-hydrogen) atoms. The molecule has 2 saturated heterocycles. The van der Waals surface area contributed by atoms with Crippen LogP contribution in [0.25, 0.3) is 11.3 Å². The Bertz CT molecular complexity index is 912. The van der Waals surface area contributed by atoms with Crippen molar-refractivity contribution >= 4 is 5.91 Å². The van der Waals surface area contributed by atoms with E-state index in [0.717, 1.165) is 63.1 Å². The summed E-state index contributed by atoms with van der Waals surface area (Å²) < 4.78 is 39.2. The van der Waals surface area contributed by atoms with Crippen LogP contribution in [0.1, 0.15) is 49.3 Å². The topological polar surface area (TPSA) is 49.3 Å². The Hall–Kier alpha value is -2.48. The zero-order valence-corrected chi connectivity index (χ0v) is 17.4. The fourth-order valence-electron chi connectivity index (χ4n) is 4.45. The molecule has 1 aromatic heterocycles. The normalized spacial score (nSPS) is 20.6. The standard InChI is InChI=1S/C23H27F3N4O/c24-23(25,26)19-8-4-6-17(12-19)20-13-27-14-21(28-20)18-7-5-9-29(15-18)16-22(31)30-10-2-1-3-11-30/h4,6,8,12-14,18H,1-3,5,7,9-11,15-16H2/t18-/m1/s1. The second-order valence-electron chi connectivity index (χ2n) is 8.42. The zero-order valence-electron chi connectivity index (χ0n) is 17.4. The van der Waals surface area contributed by atoms with Gasteiger partial charge in [0.2, 0.25) is 5.91 Å². The number of likely N-dealkylation sites (tertiary alicyclic amines) is 2. The van der Waals surface area contributed by atoms with Crippen LogP contribution in [-0.4, -0.2) is 58.4 Å². The summed E-state index contributed by atoms with van der Waals surface area (Å²) in [6.07, 6.45) is 4.01. The molecule has 0 radical (unpaired) electrons. The van der Waals surface area contributed by atoms with Crippen LogP contribution >= 0.6 is 0 Å². The van der Waals surface area contributed by atoms with Crippen LogP contribution in [0.2, 0.25) is 0 Å². The summed E-state index contributed by atoms with van der Waals surface area (Å²) in [5, 5.41) is 0. The molecule has 166 valence electrons. The van der Waals surface area contributed by atoms with Gasteiger partial charge in [0.05, 0.1) is 29.7 Å². The first-order chi connectivity index (χ1) is 14.9. The van der Waals surface area contributed by atoms with E-state index in [9.17, 15) is 18.0 Å². The number of carbonyl (C=O) groups is 1. The molecule has 4 rings (SSSR count). The van der Waals surface area contributed by atoms with Crippen LogP contribution < -0.4 is 0 Å². The first-order valence-electron chi connectivity index (χ1n) is 10.9. The third kappa shape index (κ3) is 5.42. The Balaban J connectivity index is 1.45. The lowest BCUT2D eigenvalue weighted by atomic mass is 9.94. The number of carbonyl (C=O) groups excluding carboxylic acids is 1. The van der Waals surface area contributed by atoms with Gasteiger partial charge in [-0.15, -0.1) is 0 Å². The predicted octanol–water partition coefficient (Wildman–Crippen LogP) is 4.35. The van der Waals surface area contributed by atoms with Crippen molar-refractivity contribution in [2.45, 2.75) is 44.2 Å². The maximum Gasteiger partial charge on any atom is 0.416 e. The first-order valence-corrected chi connectivity index (χ1v) is 10.9. The Kier molecular flexibility index (Phi) is 6.55. The van der Waals surface area contributed by atoms with Gasteiger partial charge < -0.3 is 4.90 Å². The highest BCUT2D eigenvalue weighted by atomic mass is 19.4. The number of halogens is 3. The summed E-state index contributed by atoms with van der Waals surface area (Å²) in [4.78, 5) is 25.6. The minimum atomic E-state index is -4.40. The number of aromatic nitrogens is 2. The predicted molar refractivity (Wildman–Crippen MR) is 111 cm³/mol. The average Bonchev–Trinajstić information content (AvgIpc) is 2.79. The SMILES string of the molecule is O=C(CN1CCC[C@@H](c2cncc(-c3cccc(C(F)(F)F)c3)n2)C1)N1CCCCC1. The van der Waals surface area contributed by atoms with Gasteiger partial charge in [0.1, 0.15) is 0 Å². The summed E-state index contributed by atoms with van der Waals surface area (Å²) in [6.45, 7) is 3.69. The maximum atomic E-state index is 13.1. The van der Waals surface area contributed by atoms with E-state index in [0.29, 0.717) is 24.3 Å². The van der Waals surface area contributed by atoms with Gasteiger partial charge in [-0.3, -0.25) is 14.7 Å². The lowest BCUT2D eigenvalue weighted by molar-refractivity contribution is -0.137. The molecular weight excluding hydrogens is 405 g/mol. The smallest absolute Gasteiger partial charge is 0.342 e. The van der Waals surface area contributed by atoms with E-state index in [1.165, 1.54) is 18.7 Å². The number of rotatable bonds is 4. The van der Waals surface area contributed by atoms with Crippen molar-refractivity contribution in [2.24, 2.45) is 0 Å². The summed E-state index contributed by atoms with van der Waals surface area (Å²) >= 11 is 0. The van der Waals surface area contributed by atoms with E-state index in [4.69, 9.17) is 0 Å². The highest BCUT2D eigenvalue weighted by molar-refractivity contribution is 5.78. The van der Waals surface area contributed by atoms with Gasteiger partial charge in [-0.2, -0.15) is 13.2 Å². The van der Waals surface area contributed by atoms with Crippen molar-refractivity contribution in [1.82, 2.24) is 19.8 Å². The molecule has 8 heteroatoms. The quantitative estimate of drug-likeness (QED) is 0.721. The van der Waals surface area contributed by atoms with Crippen LogP contribution in [0.15, 0.2) is 36.7 Å². The van der Waals surface area contributed by atoms with Gasteiger partial charge in [-0.1, -0.05) is 12.1 Å². The number of amides is 1. The van der Waals surface area contributed by atoms with Crippen LogP contribution in [0, 0.1) is 0 Å². The van der Waals surface area contributed by atoms with Crippen molar-refractivity contribution in [3.05, 3.63) is 47.9 Å². The van der Waals surface area contributed by atoms with E-state index in [1.54, 1.807) is 12.3 Å². The van der Waals surface area contributed by atoms with E-state index in [-0.39, 0.29) is 11.8 Å². The molecule has 0 bridgehead atoms. The van der Waals surface area contributed by atoms with Crippen LogP contribution in [-0.2, 0) is 11.0 Å². The van der Waals surface area contributed by atoms with Crippen molar-refractivity contribution in [1.29, 1.82) is 0 Å².